The van der Waals surface area contributed by atoms with Gasteiger partial charge in [0.25, 0.3) is 0 Å². The van der Waals surface area contributed by atoms with Crippen LogP contribution in [0.25, 0.3) is 0 Å². The fraction of sp³-hybridized carbons (Fsp3) is 0.429. The van der Waals surface area contributed by atoms with Crippen molar-refractivity contribution < 1.29 is 0 Å². The van der Waals surface area contributed by atoms with Crippen LogP contribution in [0.15, 0.2) is 18.5 Å². The van der Waals surface area contributed by atoms with Crippen LogP contribution in [0, 0.1) is 6.92 Å². The van der Waals surface area contributed by atoms with Gasteiger partial charge in [0.05, 0.1) is 17.3 Å². The summed E-state index contributed by atoms with van der Waals surface area (Å²) >= 11 is 6.18. The van der Waals surface area contributed by atoms with Gasteiger partial charge >= 0.3 is 0 Å². The number of aromatic nitrogens is 3. The minimum atomic E-state index is 0.732. The topological polar surface area (TPSA) is 30.7 Å². The summed E-state index contributed by atoms with van der Waals surface area (Å²) in [5.41, 5.74) is 3.79. The van der Waals surface area contributed by atoms with E-state index in [-0.39, 0.29) is 0 Å². The van der Waals surface area contributed by atoms with Crippen LogP contribution in [0.1, 0.15) is 35.6 Å². The summed E-state index contributed by atoms with van der Waals surface area (Å²) in [4.78, 5) is 8.71. The third-order valence-corrected chi connectivity index (χ3v) is 3.95. The molecule has 0 saturated carbocycles. The molecule has 0 amide bonds. The summed E-state index contributed by atoms with van der Waals surface area (Å²) in [5, 5.41) is 0.732. The van der Waals surface area contributed by atoms with Crippen molar-refractivity contribution in [2.24, 2.45) is 0 Å². The first-order valence-corrected chi connectivity index (χ1v) is 6.77. The Bertz CT molecular complexity index is 574. The highest BCUT2D eigenvalue weighted by Gasteiger charge is 2.18. The Morgan fingerprint density at radius 3 is 3.00 bits per heavy atom. The first kappa shape index (κ1) is 11.7. The number of nitrogens with zero attached hydrogens (tertiary/aromatic N) is 3. The normalized spacial score (nSPS) is 14.6. The maximum Gasteiger partial charge on any atom is 0.106 e. The molecule has 0 aliphatic heterocycles. The predicted molar refractivity (Wildman–Crippen MR) is 72.0 cm³/mol. The number of aryl methyl sites for hydroxylation is 2. The maximum absolute atomic E-state index is 6.18. The zero-order chi connectivity index (χ0) is 12.5. The van der Waals surface area contributed by atoms with Crippen LogP contribution in [0.5, 0.6) is 0 Å². The third kappa shape index (κ3) is 2.03. The van der Waals surface area contributed by atoms with Gasteiger partial charge in [0.2, 0.25) is 0 Å². The van der Waals surface area contributed by atoms with Crippen LogP contribution >= 0.6 is 11.6 Å². The van der Waals surface area contributed by atoms with Crippen molar-refractivity contribution in [1.29, 1.82) is 0 Å². The van der Waals surface area contributed by atoms with E-state index in [2.05, 4.69) is 21.5 Å². The van der Waals surface area contributed by atoms with E-state index in [1.807, 2.05) is 6.07 Å². The van der Waals surface area contributed by atoms with Crippen LogP contribution in [0.4, 0.5) is 0 Å². The first-order chi connectivity index (χ1) is 8.75. The molecule has 0 N–H and O–H groups in total. The average molecular weight is 262 g/mol. The lowest BCUT2D eigenvalue weighted by Crippen LogP contribution is -2.10. The van der Waals surface area contributed by atoms with Crippen molar-refractivity contribution in [2.75, 3.05) is 0 Å². The van der Waals surface area contributed by atoms with Gasteiger partial charge < -0.3 is 4.57 Å². The zero-order valence-electron chi connectivity index (χ0n) is 10.5. The van der Waals surface area contributed by atoms with Crippen molar-refractivity contribution in [1.82, 2.24) is 14.5 Å². The summed E-state index contributed by atoms with van der Waals surface area (Å²) in [6.07, 6.45) is 8.28. The number of hydrogen-bond donors (Lipinski definition) is 0. The average Bonchev–Trinajstić information content (AvgIpc) is 2.69. The lowest BCUT2D eigenvalue weighted by atomic mass is 10.0. The Morgan fingerprint density at radius 2 is 2.17 bits per heavy atom. The van der Waals surface area contributed by atoms with Crippen molar-refractivity contribution in [3.8, 4) is 0 Å². The lowest BCUT2D eigenvalue weighted by molar-refractivity contribution is 0.624. The molecular weight excluding hydrogens is 246 g/mol. The molecule has 0 fully saturated rings. The molecule has 0 atom stereocenters. The van der Waals surface area contributed by atoms with E-state index in [1.54, 1.807) is 12.4 Å². The van der Waals surface area contributed by atoms with Crippen molar-refractivity contribution in [2.45, 2.75) is 39.2 Å². The molecule has 3 rings (SSSR count). The molecule has 2 heterocycles. The predicted octanol–water partition coefficient (Wildman–Crippen LogP) is 3.17. The zero-order valence-corrected chi connectivity index (χ0v) is 11.2. The Balaban J connectivity index is 1.98. The molecule has 0 bridgehead atoms. The second-order valence-electron chi connectivity index (χ2n) is 4.81. The summed E-state index contributed by atoms with van der Waals surface area (Å²) < 4.78 is 2.30. The van der Waals surface area contributed by atoms with Gasteiger partial charge in [-0.25, -0.2) is 4.98 Å². The molecule has 0 spiro atoms. The Hall–Kier alpha value is -1.35. The SMILES string of the molecule is Cc1nc2c(n1Cc1ccncc1Cl)CCCC2. The minimum Gasteiger partial charge on any atom is -0.328 e. The van der Waals surface area contributed by atoms with Crippen LogP contribution in [0.2, 0.25) is 5.02 Å². The van der Waals surface area contributed by atoms with Gasteiger partial charge in [0.15, 0.2) is 0 Å². The number of pyridine rings is 1. The van der Waals surface area contributed by atoms with Crippen LogP contribution in [0.3, 0.4) is 0 Å². The molecule has 94 valence electrons. The Morgan fingerprint density at radius 1 is 1.33 bits per heavy atom. The Labute approximate surface area is 112 Å². The molecule has 2 aromatic rings. The quantitative estimate of drug-likeness (QED) is 0.831. The van der Waals surface area contributed by atoms with E-state index in [0.29, 0.717) is 0 Å². The second kappa shape index (κ2) is 4.73. The van der Waals surface area contributed by atoms with E-state index in [0.717, 1.165) is 35.8 Å². The second-order valence-corrected chi connectivity index (χ2v) is 5.22. The van der Waals surface area contributed by atoms with Gasteiger partial charge in [0, 0.05) is 18.1 Å². The molecule has 4 heteroatoms. The van der Waals surface area contributed by atoms with E-state index in [1.165, 1.54) is 24.2 Å². The molecule has 0 unspecified atom stereocenters. The largest absolute Gasteiger partial charge is 0.328 e. The van der Waals surface area contributed by atoms with Crippen LogP contribution in [-0.4, -0.2) is 14.5 Å². The lowest BCUT2D eigenvalue weighted by Gasteiger charge is -2.15. The van der Waals surface area contributed by atoms with Crippen molar-refractivity contribution >= 4 is 11.6 Å². The highest BCUT2D eigenvalue weighted by molar-refractivity contribution is 6.31. The molecule has 2 aromatic heterocycles. The van der Waals surface area contributed by atoms with Gasteiger partial charge in [-0.15, -0.1) is 0 Å². The summed E-state index contributed by atoms with van der Waals surface area (Å²) in [7, 11) is 0. The highest BCUT2D eigenvalue weighted by atomic mass is 35.5. The molecule has 0 saturated heterocycles. The van der Waals surface area contributed by atoms with Gasteiger partial charge in [0.1, 0.15) is 5.82 Å². The van der Waals surface area contributed by atoms with E-state index in [9.17, 15) is 0 Å². The van der Waals surface area contributed by atoms with Crippen molar-refractivity contribution in [3.63, 3.8) is 0 Å². The molecule has 1 aliphatic carbocycles. The number of rotatable bonds is 2. The van der Waals surface area contributed by atoms with Crippen LogP contribution in [-0.2, 0) is 19.4 Å². The first-order valence-electron chi connectivity index (χ1n) is 6.39. The van der Waals surface area contributed by atoms with E-state index in [4.69, 9.17) is 11.6 Å². The van der Waals surface area contributed by atoms with E-state index >= 15 is 0 Å². The highest BCUT2D eigenvalue weighted by Crippen LogP contribution is 2.24. The molecule has 18 heavy (non-hydrogen) atoms. The monoisotopic (exact) mass is 261 g/mol. The third-order valence-electron chi connectivity index (χ3n) is 3.61. The van der Waals surface area contributed by atoms with Gasteiger partial charge in [-0.1, -0.05) is 11.6 Å². The minimum absolute atomic E-state index is 0.732. The van der Waals surface area contributed by atoms with Gasteiger partial charge in [-0.2, -0.15) is 0 Å². The van der Waals surface area contributed by atoms with E-state index < -0.39 is 0 Å². The standard InChI is InChI=1S/C14H16ClN3/c1-10-17-13-4-2-3-5-14(13)18(10)9-11-6-7-16-8-12(11)15/h6-8H,2-5,9H2,1H3. The number of imidazole rings is 1. The Kier molecular flexibility index (Phi) is 3.08. The number of halogens is 1. The summed E-state index contributed by atoms with van der Waals surface area (Å²) in [6, 6.07) is 1.98. The fourth-order valence-electron chi connectivity index (χ4n) is 2.65. The smallest absolute Gasteiger partial charge is 0.106 e. The molecule has 1 aliphatic rings. The van der Waals surface area contributed by atoms with Crippen molar-refractivity contribution in [3.05, 3.63) is 46.3 Å². The number of hydrogen-bond acceptors (Lipinski definition) is 2. The summed E-state index contributed by atoms with van der Waals surface area (Å²) in [6.45, 7) is 2.88. The molecular formula is C14H16ClN3. The fourth-order valence-corrected chi connectivity index (χ4v) is 2.83. The number of fused-ring (bicyclic) bond motifs is 1. The molecule has 0 radical (unpaired) electrons. The maximum atomic E-state index is 6.18. The molecule has 0 aromatic carbocycles. The van der Waals surface area contributed by atoms with Gasteiger partial charge in [-0.3, -0.25) is 4.98 Å². The van der Waals surface area contributed by atoms with Crippen LogP contribution < -0.4 is 0 Å². The summed E-state index contributed by atoms with van der Waals surface area (Å²) in [5.74, 6) is 1.09. The van der Waals surface area contributed by atoms with Gasteiger partial charge in [-0.05, 0) is 44.2 Å². The molecule has 3 nitrogen and oxygen atoms in total.